The molecule has 2 aromatic heterocycles. The van der Waals surface area contributed by atoms with Crippen molar-refractivity contribution >= 4 is 16.8 Å². The smallest absolute Gasteiger partial charge is 0.270 e. The van der Waals surface area contributed by atoms with E-state index in [4.69, 9.17) is 14.5 Å². The minimum Gasteiger partial charge on any atom is -0.436 e. The number of non-ortho nitro benzene ring substituents is 1. The van der Waals surface area contributed by atoms with E-state index >= 15 is 0 Å². The van der Waals surface area contributed by atoms with Gasteiger partial charge in [0.15, 0.2) is 5.58 Å². The Morgan fingerprint density at radius 3 is 1.83 bits per heavy atom. The van der Waals surface area contributed by atoms with Crippen molar-refractivity contribution in [2.45, 2.75) is 5.54 Å². The zero-order valence-corrected chi connectivity index (χ0v) is 22.4. The first-order chi connectivity index (χ1) is 20.6. The highest BCUT2D eigenvalue weighted by atomic mass is 16.6. The van der Waals surface area contributed by atoms with Gasteiger partial charge >= 0.3 is 0 Å². The van der Waals surface area contributed by atoms with Gasteiger partial charge in [0.05, 0.1) is 10.5 Å². The minimum absolute atomic E-state index is 0.0222. The molecule has 0 saturated carbocycles. The normalized spacial score (nSPS) is 11.5. The number of para-hydroxylation sites is 2. The topological polar surface area (TPSA) is 87.0 Å². The number of nitro groups is 1. The van der Waals surface area contributed by atoms with E-state index in [0.717, 1.165) is 16.7 Å². The van der Waals surface area contributed by atoms with Crippen molar-refractivity contribution < 1.29 is 9.34 Å². The number of hydrogen-bond donors (Lipinski definition) is 0. The summed E-state index contributed by atoms with van der Waals surface area (Å²) in [7, 11) is 0. The molecule has 0 spiro atoms. The van der Waals surface area contributed by atoms with Crippen LogP contribution in [-0.2, 0) is 5.54 Å². The summed E-state index contributed by atoms with van der Waals surface area (Å²) >= 11 is 0. The molecule has 7 heteroatoms. The first-order valence-electron chi connectivity index (χ1n) is 13.5. The van der Waals surface area contributed by atoms with Gasteiger partial charge in [0, 0.05) is 23.9 Å². The molecule has 0 bridgehead atoms. The lowest BCUT2D eigenvalue weighted by Crippen LogP contribution is -2.38. The molecule has 0 amide bonds. The van der Waals surface area contributed by atoms with Gasteiger partial charge in [-0.2, -0.15) is 5.10 Å². The summed E-state index contributed by atoms with van der Waals surface area (Å²) in [6.45, 7) is 0. The summed E-state index contributed by atoms with van der Waals surface area (Å²) in [4.78, 5) is 16.1. The lowest BCUT2D eigenvalue weighted by molar-refractivity contribution is -0.384. The second kappa shape index (κ2) is 10.3. The number of fused-ring (bicyclic) bond motifs is 1. The van der Waals surface area contributed by atoms with Gasteiger partial charge in [-0.25, -0.2) is 4.98 Å². The van der Waals surface area contributed by atoms with E-state index in [1.54, 1.807) is 6.07 Å². The number of nitrogens with zero attached hydrogens (tertiary/aromatic N) is 4. The summed E-state index contributed by atoms with van der Waals surface area (Å²) in [6.07, 6.45) is 1.94. The molecule has 42 heavy (non-hydrogen) atoms. The van der Waals surface area contributed by atoms with Crippen LogP contribution in [0.3, 0.4) is 0 Å². The van der Waals surface area contributed by atoms with Gasteiger partial charge in [-0.05, 0) is 28.8 Å². The van der Waals surface area contributed by atoms with Crippen molar-refractivity contribution in [2.75, 3.05) is 0 Å². The number of rotatable bonds is 7. The van der Waals surface area contributed by atoms with Gasteiger partial charge in [-0.1, -0.05) is 115 Å². The number of oxazole rings is 1. The Morgan fingerprint density at radius 2 is 1.26 bits per heavy atom. The SMILES string of the molecule is O=[N+]([O-])c1cccc(-c2nn(C(c3ccccc3)(c3ccccc3)c3ccccc3)cc2-c2nc3ccccc3o2)c1. The molecule has 0 atom stereocenters. The summed E-state index contributed by atoms with van der Waals surface area (Å²) in [5, 5.41) is 16.9. The zero-order valence-electron chi connectivity index (χ0n) is 22.4. The fraction of sp³-hybridized carbons (Fsp3) is 0.0286. The third-order valence-corrected chi connectivity index (χ3v) is 7.49. The Balaban J connectivity index is 1.58. The van der Waals surface area contributed by atoms with Crippen LogP contribution in [0.2, 0.25) is 0 Å². The summed E-state index contributed by atoms with van der Waals surface area (Å²) < 4.78 is 8.17. The fourth-order valence-corrected chi connectivity index (χ4v) is 5.60. The van der Waals surface area contributed by atoms with E-state index in [-0.39, 0.29) is 5.69 Å². The lowest BCUT2D eigenvalue weighted by Gasteiger charge is -2.36. The number of hydrogen-bond acceptors (Lipinski definition) is 5. The third-order valence-electron chi connectivity index (χ3n) is 7.49. The molecule has 0 unspecified atom stereocenters. The molecule has 0 aliphatic heterocycles. The quantitative estimate of drug-likeness (QED) is 0.114. The van der Waals surface area contributed by atoms with Gasteiger partial charge in [0.25, 0.3) is 5.69 Å². The molecule has 5 aromatic carbocycles. The first kappa shape index (κ1) is 25.2. The van der Waals surface area contributed by atoms with Gasteiger partial charge in [-0.3, -0.25) is 14.8 Å². The predicted octanol–water partition coefficient (Wildman–Crippen LogP) is 8.11. The Hall–Kier alpha value is -5.82. The van der Waals surface area contributed by atoms with Crippen LogP contribution in [0.4, 0.5) is 5.69 Å². The average molecular weight is 549 g/mol. The van der Waals surface area contributed by atoms with Crippen LogP contribution in [0.5, 0.6) is 0 Å². The largest absolute Gasteiger partial charge is 0.436 e. The number of benzene rings is 5. The number of nitro benzene ring substituents is 1. The Morgan fingerprint density at radius 1 is 0.690 bits per heavy atom. The molecule has 7 aromatic rings. The van der Waals surface area contributed by atoms with Crippen molar-refractivity contribution in [3.05, 3.63) is 173 Å². The highest BCUT2D eigenvalue weighted by molar-refractivity contribution is 5.82. The molecule has 0 fully saturated rings. The van der Waals surface area contributed by atoms with Crippen LogP contribution < -0.4 is 0 Å². The van der Waals surface area contributed by atoms with Crippen molar-refractivity contribution in [1.82, 2.24) is 14.8 Å². The highest BCUT2D eigenvalue weighted by Gasteiger charge is 2.40. The minimum atomic E-state index is -0.885. The van der Waals surface area contributed by atoms with Crippen LogP contribution in [0.15, 0.2) is 150 Å². The molecular formula is C35H24N4O3. The average Bonchev–Trinajstić information content (AvgIpc) is 3.68. The summed E-state index contributed by atoms with van der Waals surface area (Å²) in [5.41, 5.74) is 5.18. The van der Waals surface area contributed by atoms with Crippen LogP contribution in [0, 0.1) is 10.1 Å². The van der Waals surface area contributed by atoms with Crippen molar-refractivity contribution in [3.63, 3.8) is 0 Å². The molecular weight excluding hydrogens is 524 g/mol. The molecule has 2 heterocycles. The Bertz CT molecular complexity index is 1890. The first-order valence-corrected chi connectivity index (χ1v) is 13.5. The molecule has 7 rings (SSSR count). The van der Waals surface area contributed by atoms with Gasteiger partial charge in [-0.15, -0.1) is 0 Å². The Labute approximate surface area is 241 Å². The third kappa shape index (κ3) is 4.15. The van der Waals surface area contributed by atoms with Crippen LogP contribution in [-0.4, -0.2) is 19.7 Å². The maximum Gasteiger partial charge on any atom is 0.270 e. The van der Waals surface area contributed by atoms with E-state index in [1.165, 1.54) is 12.1 Å². The predicted molar refractivity (Wildman–Crippen MR) is 162 cm³/mol. The van der Waals surface area contributed by atoms with Crippen molar-refractivity contribution in [2.24, 2.45) is 0 Å². The standard InChI is InChI=1S/C35H24N4O3/c40-39(41)29-20-12-13-25(23-29)33-30(34-36-31-21-10-11-22-32(31)42-34)24-38(37-33)35(26-14-4-1-5-15-26,27-16-6-2-7-17-27)28-18-8-3-9-19-28/h1-24H. The van der Waals surface area contributed by atoms with E-state index in [0.29, 0.717) is 33.8 Å². The maximum atomic E-state index is 11.7. The van der Waals surface area contributed by atoms with Gasteiger partial charge in [0.2, 0.25) is 5.89 Å². The molecule has 0 aliphatic rings. The molecule has 7 nitrogen and oxygen atoms in total. The maximum absolute atomic E-state index is 11.7. The van der Waals surface area contributed by atoms with Gasteiger partial charge < -0.3 is 4.42 Å². The van der Waals surface area contributed by atoms with E-state index in [9.17, 15) is 10.1 Å². The van der Waals surface area contributed by atoms with Crippen LogP contribution >= 0.6 is 0 Å². The van der Waals surface area contributed by atoms with Crippen LogP contribution in [0.1, 0.15) is 16.7 Å². The van der Waals surface area contributed by atoms with E-state index in [2.05, 4.69) is 36.4 Å². The molecule has 0 radical (unpaired) electrons. The molecule has 202 valence electrons. The Kier molecular flexibility index (Phi) is 6.17. The fourth-order valence-electron chi connectivity index (χ4n) is 5.60. The van der Waals surface area contributed by atoms with Gasteiger partial charge in [0.1, 0.15) is 16.7 Å². The van der Waals surface area contributed by atoms with Crippen molar-refractivity contribution in [1.29, 1.82) is 0 Å². The lowest BCUT2D eigenvalue weighted by atomic mass is 9.77. The molecule has 0 aliphatic carbocycles. The monoisotopic (exact) mass is 548 g/mol. The summed E-state index contributed by atoms with van der Waals surface area (Å²) in [5.74, 6) is 0.382. The summed E-state index contributed by atoms with van der Waals surface area (Å²) in [6, 6.07) is 44.7. The van der Waals surface area contributed by atoms with E-state index < -0.39 is 10.5 Å². The van der Waals surface area contributed by atoms with Crippen LogP contribution in [0.25, 0.3) is 33.8 Å². The van der Waals surface area contributed by atoms with Crippen molar-refractivity contribution in [3.8, 4) is 22.7 Å². The highest BCUT2D eigenvalue weighted by Crippen LogP contribution is 2.43. The zero-order chi connectivity index (χ0) is 28.5. The molecule has 0 N–H and O–H groups in total. The molecule has 0 saturated heterocycles. The second-order valence-electron chi connectivity index (χ2n) is 9.94. The second-order valence-corrected chi connectivity index (χ2v) is 9.94. The number of aromatic nitrogens is 3. The van der Waals surface area contributed by atoms with E-state index in [1.807, 2.05) is 95.8 Å².